The van der Waals surface area contributed by atoms with Crippen LogP contribution in [0.2, 0.25) is 0 Å². The fourth-order valence-corrected chi connectivity index (χ4v) is 2.78. The first-order valence-corrected chi connectivity index (χ1v) is 7.30. The molecule has 20 heavy (non-hydrogen) atoms. The molecule has 5 nitrogen and oxygen atoms in total. The van der Waals surface area contributed by atoms with Gasteiger partial charge in [0, 0.05) is 31.9 Å². The van der Waals surface area contributed by atoms with Crippen LogP contribution in [0.3, 0.4) is 0 Å². The summed E-state index contributed by atoms with van der Waals surface area (Å²) in [5, 5.41) is 0. The van der Waals surface area contributed by atoms with Gasteiger partial charge >= 0.3 is 0 Å². The number of nitrogens with two attached hydrogens (primary N) is 1. The zero-order valence-corrected chi connectivity index (χ0v) is 12.1. The molecule has 0 saturated carbocycles. The van der Waals surface area contributed by atoms with Crippen molar-refractivity contribution < 1.29 is 4.79 Å². The van der Waals surface area contributed by atoms with E-state index in [1.807, 2.05) is 6.07 Å². The van der Waals surface area contributed by atoms with Crippen molar-refractivity contribution in [2.24, 2.45) is 5.84 Å². The van der Waals surface area contributed by atoms with Gasteiger partial charge in [-0.2, -0.15) is 0 Å². The minimum atomic E-state index is -0.0945. The highest BCUT2D eigenvalue weighted by Crippen LogP contribution is 2.17. The van der Waals surface area contributed by atoms with Crippen LogP contribution in [0.4, 0.5) is 5.69 Å². The molecule has 1 atom stereocenters. The number of carbonyl (C=O) groups excluding carboxylic acids is 1. The van der Waals surface area contributed by atoms with Crippen LogP contribution in [-0.2, 0) is 4.79 Å². The predicted molar refractivity (Wildman–Crippen MR) is 81.3 cm³/mol. The van der Waals surface area contributed by atoms with Gasteiger partial charge in [-0.25, -0.2) is 5.84 Å². The Morgan fingerprint density at radius 1 is 1.25 bits per heavy atom. The van der Waals surface area contributed by atoms with Gasteiger partial charge in [0.15, 0.2) is 0 Å². The summed E-state index contributed by atoms with van der Waals surface area (Å²) in [6.07, 6.45) is 1.84. The molecule has 3 N–H and O–H groups in total. The summed E-state index contributed by atoms with van der Waals surface area (Å²) in [4.78, 5) is 16.5. The van der Waals surface area contributed by atoms with Gasteiger partial charge in [-0.3, -0.25) is 15.1 Å². The highest BCUT2D eigenvalue weighted by Gasteiger charge is 2.27. The summed E-state index contributed by atoms with van der Waals surface area (Å²) in [6.45, 7) is 5.78. The third-order valence-electron chi connectivity index (χ3n) is 3.88. The standard InChI is InChI=1S/C15H24N4O/c1-2-6-14(15(20)17-16)19-11-9-18(10-12-19)13-7-4-3-5-8-13/h3-5,7-8,14H,2,6,9-12,16H2,1H3,(H,17,20)/t14-/m1/s1. The van der Waals surface area contributed by atoms with E-state index in [2.05, 4.69) is 46.4 Å². The number of amides is 1. The zero-order valence-electron chi connectivity index (χ0n) is 12.1. The number of nitrogens with one attached hydrogen (secondary N) is 1. The quantitative estimate of drug-likeness (QED) is 0.478. The minimum Gasteiger partial charge on any atom is -0.369 e. The molecule has 0 spiro atoms. The Balaban J connectivity index is 1.94. The summed E-state index contributed by atoms with van der Waals surface area (Å²) in [6, 6.07) is 10.3. The molecule has 0 unspecified atom stereocenters. The van der Waals surface area contributed by atoms with Crippen molar-refractivity contribution in [2.45, 2.75) is 25.8 Å². The van der Waals surface area contributed by atoms with Crippen LogP contribution in [-0.4, -0.2) is 43.0 Å². The highest BCUT2D eigenvalue weighted by molar-refractivity contribution is 5.81. The molecule has 2 rings (SSSR count). The number of para-hydroxylation sites is 1. The Bertz CT molecular complexity index is 415. The van der Waals surface area contributed by atoms with Crippen LogP contribution in [0.25, 0.3) is 0 Å². The SMILES string of the molecule is CCC[C@H](C(=O)NN)N1CCN(c2ccccc2)CC1. The molecule has 0 bridgehead atoms. The molecule has 1 saturated heterocycles. The number of benzene rings is 1. The van der Waals surface area contributed by atoms with Crippen molar-refractivity contribution >= 4 is 11.6 Å². The molecule has 1 aromatic rings. The Hall–Kier alpha value is -1.59. The predicted octanol–water partition coefficient (Wildman–Crippen LogP) is 0.967. The van der Waals surface area contributed by atoms with Crippen molar-refractivity contribution in [1.82, 2.24) is 10.3 Å². The number of anilines is 1. The highest BCUT2D eigenvalue weighted by atomic mass is 16.2. The summed E-state index contributed by atoms with van der Waals surface area (Å²) < 4.78 is 0. The molecule has 1 aliphatic heterocycles. The normalized spacial score (nSPS) is 17.8. The topological polar surface area (TPSA) is 61.6 Å². The van der Waals surface area contributed by atoms with Crippen molar-refractivity contribution in [3.05, 3.63) is 30.3 Å². The van der Waals surface area contributed by atoms with E-state index in [1.165, 1.54) is 5.69 Å². The fourth-order valence-electron chi connectivity index (χ4n) is 2.78. The van der Waals surface area contributed by atoms with E-state index < -0.39 is 0 Å². The maximum Gasteiger partial charge on any atom is 0.251 e. The molecule has 5 heteroatoms. The van der Waals surface area contributed by atoms with Gasteiger partial charge in [0.25, 0.3) is 5.91 Å². The number of nitrogens with zero attached hydrogens (tertiary/aromatic N) is 2. The lowest BCUT2D eigenvalue weighted by atomic mass is 10.1. The van der Waals surface area contributed by atoms with Crippen LogP contribution in [0.15, 0.2) is 30.3 Å². The molecular formula is C15H24N4O. The second-order valence-corrected chi connectivity index (χ2v) is 5.17. The maximum atomic E-state index is 11.9. The van der Waals surface area contributed by atoms with Gasteiger partial charge in [-0.1, -0.05) is 31.5 Å². The zero-order chi connectivity index (χ0) is 14.4. The number of hydrazine groups is 1. The van der Waals surface area contributed by atoms with E-state index in [9.17, 15) is 4.79 Å². The van der Waals surface area contributed by atoms with E-state index >= 15 is 0 Å². The Labute approximate surface area is 120 Å². The molecule has 1 aliphatic rings. The average molecular weight is 276 g/mol. The molecule has 1 aromatic carbocycles. The van der Waals surface area contributed by atoms with Crippen LogP contribution in [0, 0.1) is 0 Å². The second-order valence-electron chi connectivity index (χ2n) is 5.17. The van der Waals surface area contributed by atoms with E-state index in [-0.39, 0.29) is 11.9 Å². The average Bonchev–Trinajstić information content (AvgIpc) is 2.53. The van der Waals surface area contributed by atoms with Crippen LogP contribution >= 0.6 is 0 Å². The second kappa shape index (κ2) is 7.26. The van der Waals surface area contributed by atoms with Crippen LogP contribution in [0.5, 0.6) is 0 Å². The largest absolute Gasteiger partial charge is 0.369 e. The van der Waals surface area contributed by atoms with E-state index in [4.69, 9.17) is 5.84 Å². The van der Waals surface area contributed by atoms with E-state index in [0.29, 0.717) is 0 Å². The number of carbonyl (C=O) groups is 1. The minimum absolute atomic E-state index is 0.0694. The van der Waals surface area contributed by atoms with Gasteiger partial charge in [0.1, 0.15) is 0 Å². The van der Waals surface area contributed by atoms with Crippen molar-refractivity contribution in [2.75, 3.05) is 31.1 Å². The number of hydrogen-bond acceptors (Lipinski definition) is 4. The van der Waals surface area contributed by atoms with E-state index in [1.54, 1.807) is 0 Å². The van der Waals surface area contributed by atoms with Gasteiger partial charge in [0.2, 0.25) is 0 Å². The van der Waals surface area contributed by atoms with Gasteiger partial charge in [-0.15, -0.1) is 0 Å². The molecule has 1 amide bonds. The van der Waals surface area contributed by atoms with E-state index in [0.717, 1.165) is 39.0 Å². The Kier molecular flexibility index (Phi) is 5.38. The molecule has 1 heterocycles. The Morgan fingerprint density at radius 2 is 1.90 bits per heavy atom. The van der Waals surface area contributed by atoms with Crippen LogP contribution in [0.1, 0.15) is 19.8 Å². The van der Waals surface area contributed by atoms with Gasteiger partial charge in [0.05, 0.1) is 6.04 Å². The number of hydrogen-bond donors (Lipinski definition) is 2. The molecular weight excluding hydrogens is 252 g/mol. The first kappa shape index (κ1) is 14.8. The first-order valence-electron chi connectivity index (χ1n) is 7.30. The summed E-state index contributed by atoms with van der Waals surface area (Å²) in [5.74, 6) is 5.22. The molecule has 0 aliphatic carbocycles. The maximum absolute atomic E-state index is 11.9. The summed E-state index contributed by atoms with van der Waals surface area (Å²) >= 11 is 0. The van der Waals surface area contributed by atoms with Crippen molar-refractivity contribution in [3.8, 4) is 0 Å². The molecule has 0 radical (unpaired) electrons. The molecule has 110 valence electrons. The van der Waals surface area contributed by atoms with Gasteiger partial charge < -0.3 is 4.90 Å². The molecule has 0 aromatic heterocycles. The number of rotatable bonds is 5. The summed E-state index contributed by atoms with van der Waals surface area (Å²) in [7, 11) is 0. The Morgan fingerprint density at radius 3 is 2.45 bits per heavy atom. The first-order chi connectivity index (χ1) is 9.76. The lowest BCUT2D eigenvalue weighted by molar-refractivity contribution is -0.127. The number of piperazine rings is 1. The fraction of sp³-hybridized carbons (Fsp3) is 0.533. The molecule has 1 fully saturated rings. The van der Waals surface area contributed by atoms with Crippen molar-refractivity contribution in [3.63, 3.8) is 0 Å². The summed E-state index contributed by atoms with van der Waals surface area (Å²) in [5.41, 5.74) is 3.55. The third kappa shape index (κ3) is 3.49. The lowest BCUT2D eigenvalue weighted by Gasteiger charge is -2.39. The monoisotopic (exact) mass is 276 g/mol. The van der Waals surface area contributed by atoms with Crippen molar-refractivity contribution in [1.29, 1.82) is 0 Å². The smallest absolute Gasteiger partial charge is 0.251 e. The van der Waals surface area contributed by atoms with Crippen LogP contribution < -0.4 is 16.2 Å². The third-order valence-corrected chi connectivity index (χ3v) is 3.88. The van der Waals surface area contributed by atoms with Gasteiger partial charge in [-0.05, 0) is 18.6 Å². The lowest BCUT2D eigenvalue weighted by Crippen LogP contribution is -2.55.